The first-order valence-corrected chi connectivity index (χ1v) is 33.3. The number of amides is 3. The number of nitrogens with zero attached hydrogens (tertiary/aromatic N) is 2. The maximum absolute atomic E-state index is 15.8. The zero-order valence-corrected chi connectivity index (χ0v) is 52.6. The van der Waals surface area contributed by atoms with Crippen LogP contribution >= 0.6 is 12.2 Å². The molecule has 27 heteroatoms. The number of carbonyl (C=O) groups excluding carboxylic acids is 3. The van der Waals surface area contributed by atoms with Crippen LogP contribution in [0, 0.1) is 17.5 Å². The molecule has 0 spiro atoms. The summed E-state index contributed by atoms with van der Waals surface area (Å²) in [6.07, 6.45) is 3.75. The molecule has 2 aliphatic carbocycles. The Morgan fingerprint density at radius 1 is 0.764 bits per heavy atom. The average molecular weight is 1290 g/mol. The van der Waals surface area contributed by atoms with Crippen molar-refractivity contribution in [2.24, 2.45) is 5.14 Å². The number of nitrogens with two attached hydrogens (primary N) is 1. The van der Waals surface area contributed by atoms with Crippen LogP contribution in [0.5, 0.6) is 5.75 Å². The summed E-state index contributed by atoms with van der Waals surface area (Å²) in [4.78, 5) is 51.6. The fraction of sp³-hybridized carbons (Fsp3) is 0.419. The number of phenols is 1. The van der Waals surface area contributed by atoms with Crippen LogP contribution in [0.1, 0.15) is 101 Å². The Morgan fingerprint density at radius 2 is 1.43 bits per heavy atom. The number of ether oxygens (including phenoxy) is 1. The van der Waals surface area contributed by atoms with Crippen molar-refractivity contribution in [3.05, 3.63) is 113 Å². The number of halogens is 3. The van der Waals surface area contributed by atoms with Crippen LogP contribution in [0.4, 0.5) is 30.2 Å². The second kappa shape index (κ2) is 31.6. The minimum atomic E-state index is -5.19. The molecule has 4 aromatic carbocycles. The van der Waals surface area contributed by atoms with Gasteiger partial charge in [-0.1, -0.05) is 50.3 Å². The fourth-order valence-electron chi connectivity index (χ4n) is 10.8. The number of benzene rings is 5. The van der Waals surface area contributed by atoms with Crippen molar-refractivity contribution in [2.45, 2.75) is 114 Å². The predicted molar refractivity (Wildman–Crippen MR) is 339 cm³/mol. The third kappa shape index (κ3) is 17.9. The SMILES string of the molecule is CCN(CC)c1ccc2c(-c3ccc(NC(=S)NCCNC(=O)[C@H](Cc4ccc(O)cc4)NC(=O)CCOCCNC(=O)CCS(=O)(=O)c4c(F)c(F)c(S(N)(=O)=O)c(F)c4NC4CCCCCCC4)cc3C(=O)O)c3ccc(=[N+](CC)CC)cc-3oc2c1. The number of primary sulfonamides is 1. The first-order chi connectivity index (χ1) is 42.5. The van der Waals surface area contributed by atoms with Gasteiger partial charge in [0.2, 0.25) is 33.1 Å². The average Bonchev–Trinajstić information content (AvgIpc) is 0.771. The van der Waals surface area contributed by atoms with Crippen LogP contribution < -0.4 is 51.9 Å². The lowest BCUT2D eigenvalue weighted by molar-refractivity contribution is -0.129. The molecule has 0 radical (unpaired) electrons. The van der Waals surface area contributed by atoms with Crippen molar-refractivity contribution in [3.8, 4) is 28.2 Å². The van der Waals surface area contributed by atoms with Crippen molar-refractivity contribution < 1.29 is 68.6 Å². The Balaban J connectivity index is 0.917. The lowest BCUT2D eigenvalue weighted by Gasteiger charge is -2.25. The maximum Gasteiger partial charge on any atom is 0.336 e. The summed E-state index contributed by atoms with van der Waals surface area (Å²) in [5.74, 6) is -10.0. The normalized spacial score (nSPS) is 13.4. The lowest BCUT2D eigenvalue weighted by Crippen LogP contribution is -2.49. The van der Waals surface area contributed by atoms with E-state index in [4.69, 9.17) is 26.5 Å². The van der Waals surface area contributed by atoms with E-state index in [0.717, 1.165) is 67.4 Å². The van der Waals surface area contributed by atoms with Crippen molar-refractivity contribution >= 4 is 88.9 Å². The van der Waals surface area contributed by atoms with Crippen molar-refractivity contribution in [1.29, 1.82) is 0 Å². The van der Waals surface area contributed by atoms with Crippen LogP contribution in [-0.4, -0.2) is 133 Å². The van der Waals surface area contributed by atoms with E-state index in [2.05, 4.69) is 69.1 Å². The molecule has 3 amide bonds. The van der Waals surface area contributed by atoms with Crippen LogP contribution in [-0.2, 0) is 45.4 Å². The summed E-state index contributed by atoms with van der Waals surface area (Å²) >= 11 is 5.58. The highest BCUT2D eigenvalue weighted by Crippen LogP contribution is 2.43. The number of anilines is 3. The summed E-state index contributed by atoms with van der Waals surface area (Å²) in [5.41, 5.74) is 3.42. The molecular formula is C62H77F3N9O12S3+. The number of nitrogens with one attached hydrogen (secondary N) is 6. The standard InChI is InChI=1S/C62H76F3N9O12S3/c1-5-73(6-2)41-19-24-45-49(36-41)86-50-37-42(74(7-3)8-4)20-25-46(50)53(45)44-23-18-40(35-47(44)61(79)80)71-62(87)69-29-28-68-60(78)48(34-38-16-21-43(75)22-17-38)72-52(77)26-31-85-32-30-67-51(76)27-33-88(81,82)59-55(64)54(63)58(89(66,83)84)56(65)57(59)70-39-14-12-10-9-11-13-15-39/h16-25,35-37,39,48,70H,5-15,26-34H2,1-4H3,(H8,66,67,68,69,72,75,76,77,78,79,80,83,84,87)/p+1/t48-/m0/s1. The first kappa shape index (κ1) is 68.6. The van der Waals surface area contributed by atoms with Gasteiger partial charge in [0.25, 0.3) is 0 Å². The highest BCUT2D eigenvalue weighted by atomic mass is 32.2. The molecule has 0 bridgehead atoms. The van der Waals surface area contributed by atoms with Gasteiger partial charge in [-0.15, -0.1) is 0 Å². The number of aromatic carboxylic acids is 1. The van der Waals surface area contributed by atoms with Gasteiger partial charge in [0.1, 0.15) is 41.1 Å². The van der Waals surface area contributed by atoms with Crippen molar-refractivity contribution in [2.75, 3.05) is 80.3 Å². The molecule has 1 atom stereocenters. The van der Waals surface area contributed by atoms with Gasteiger partial charge in [-0.3, -0.25) is 14.4 Å². The number of carbonyl (C=O) groups is 4. The lowest BCUT2D eigenvalue weighted by atomic mass is 9.90. The van der Waals surface area contributed by atoms with Gasteiger partial charge >= 0.3 is 5.97 Å². The van der Waals surface area contributed by atoms with E-state index in [1.165, 1.54) is 18.2 Å². The Labute approximate surface area is 521 Å². The van der Waals surface area contributed by atoms with Crippen molar-refractivity contribution in [3.63, 3.8) is 0 Å². The van der Waals surface area contributed by atoms with Crippen molar-refractivity contribution in [1.82, 2.24) is 25.8 Å². The highest BCUT2D eigenvalue weighted by molar-refractivity contribution is 7.91. The number of sulfone groups is 1. The van der Waals surface area contributed by atoms with Crippen LogP contribution in [0.15, 0.2) is 93.1 Å². The molecule has 21 nitrogen and oxygen atoms in total. The highest BCUT2D eigenvalue weighted by Gasteiger charge is 2.37. The van der Waals surface area contributed by atoms with Gasteiger partial charge in [0.15, 0.2) is 37.3 Å². The molecule has 7 rings (SSSR count). The number of sulfonamides is 1. The van der Waals surface area contributed by atoms with E-state index in [1.54, 1.807) is 24.3 Å². The van der Waals surface area contributed by atoms with Gasteiger partial charge in [0.05, 0.1) is 36.3 Å². The summed E-state index contributed by atoms with van der Waals surface area (Å²) in [6.45, 7) is 11.1. The van der Waals surface area contributed by atoms with E-state index in [9.17, 15) is 46.2 Å². The smallest absolute Gasteiger partial charge is 0.336 e. The Hall–Kier alpha value is -7.85. The molecule has 89 heavy (non-hydrogen) atoms. The summed E-state index contributed by atoms with van der Waals surface area (Å²) < 4.78 is 112. The third-order valence-corrected chi connectivity index (χ3v) is 18.3. The molecule has 0 unspecified atom stereocenters. The number of rotatable bonds is 28. The Bertz CT molecular complexity index is 3820. The molecule has 0 aromatic heterocycles. The predicted octanol–water partition coefficient (Wildman–Crippen LogP) is 7.37. The van der Waals surface area contributed by atoms with E-state index >= 15 is 13.2 Å². The monoisotopic (exact) mass is 1290 g/mol. The van der Waals surface area contributed by atoms with Gasteiger partial charge in [-0.2, -0.15) is 0 Å². The largest absolute Gasteiger partial charge is 0.508 e. The van der Waals surface area contributed by atoms with Crippen LogP contribution in [0.2, 0.25) is 0 Å². The molecular weight excluding hydrogens is 1220 g/mol. The molecule has 4 aromatic rings. The Kier molecular flexibility index (Phi) is 24.3. The van der Waals surface area contributed by atoms with Gasteiger partial charge in [-0.25, -0.2) is 44.5 Å². The van der Waals surface area contributed by atoms with E-state index < -0.39 is 101 Å². The van der Waals surface area contributed by atoms with Gasteiger partial charge < -0.3 is 56.2 Å². The first-order valence-electron chi connectivity index (χ1n) is 29.7. The fourth-order valence-corrected chi connectivity index (χ4v) is 13.2. The number of hydrogen-bond donors (Lipinski definition) is 9. The molecule has 480 valence electrons. The number of aromatic hydroxyl groups is 1. The maximum atomic E-state index is 15.8. The molecule has 1 saturated carbocycles. The molecule has 3 aliphatic rings. The van der Waals surface area contributed by atoms with E-state index in [0.29, 0.717) is 59.4 Å². The summed E-state index contributed by atoms with van der Waals surface area (Å²) in [6, 6.07) is 21.2. The second-order valence-electron chi connectivity index (χ2n) is 21.4. The Morgan fingerprint density at radius 3 is 2.09 bits per heavy atom. The number of phenolic OH excluding ortho intramolecular Hbond substituents is 1. The number of hydrogen-bond acceptors (Lipinski definition) is 14. The van der Waals surface area contributed by atoms with Crippen LogP contribution in [0.3, 0.4) is 0 Å². The second-order valence-corrected chi connectivity index (χ2v) is 25.4. The molecule has 1 aliphatic heterocycles. The minimum absolute atomic E-state index is 0.00707. The third-order valence-electron chi connectivity index (χ3n) is 15.4. The van der Waals surface area contributed by atoms with Gasteiger partial charge in [-0.05, 0) is 106 Å². The number of carboxylic acid groups (broad SMARTS) is 1. The minimum Gasteiger partial charge on any atom is -0.508 e. The number of thiocarbonyl (C=S) groups is 1. The summed E-state index contributed by atoms with van der Waals surface area (Å²) in [5, 5.41) is 43.9. The molecule has 1 fully saturated rings. The quantitative estimate of drug-likeness (QED) is 0.00761. The zero-order valence-electron chi connectivity index (χ0n) is 50.1. The molecule has 10 N–H and O–H groups in total. The zero-order chi connectivity index (χ0) is 64.6. The molecule has 0 saturated heterocycles. The number of fused-ring (bicyclic) bond motifs is 2. The van der Waals surface area contributed by atoms with Crippen LogP contribution in [0.25, 0.3) is 33.4 Å². The molecule has 1 heterocycles. The van der Waals surface area contributed by atoms with Gasteiger partial charge in [0, 0.05) is 98.0 Å². The van der Waals surface area contributed by atoms with E-state index in [1.807, 2.05) is 36.4 Å². The summed E-state index contributed by atoms with van der Waals surface area (Å²) in [7, 11) is -10.2. The number of carboxylic acids is 1. The van der Waals surface area contributed by atoms with E-state index in [-0.39, 0.29) is 62.1 Å². The topological polar surface area (TPSA) is 304 Å².